The second kappa shape index (κ2) is 8.92. The Morgan fingerprint density at radius 1 is 1.09 bits per heavy atom. The first kappa shape index (κ1) is 22.7. The molecule has 0 fully saturated rings. The van der Waals surface area contributed by atoms with Crippen LogP contribution in [0.2, 0.25) is 0 Å². The molecule has 3 N–H and O–H groups in total. The summed E-state index contributed by atoms with van der Waals surface area (Å²) in [5.74, 6) is -0.803. The zero-order valence-electron chi connectivity index (χ0n) is 19.1. The molecule has 0 bridgehead atoms. The number of halogens is 1. The Morgan fingerprint density at radius 3 is 2.60 bits per heavy atom. The molecule has 0 aliphatic carbocycles. The zero-order chi connectivity index (χ0) is 24.6. The number of hydrogen-bond donors (Lipinski definition) is 2. The molecule has 1 atom stereocenters. The first-order valence-electron chi connectivity index (χ1n) is 11.0. The van der Waals surface area contributed by atoms with Crippen LogP contribution in [-0.4, -0.2) is 25.9 Å². The van der Waals surface area contributed by atoms with Crippen LogP contribution in [0.3, 0.4) is 0 Å². The monoisotopic (exact) mass is 486 g/mol. The molecule has 5 aromatic rings. The van der Waals surface area contributed by atoms with Gasteiger partial charge >= 0.3 is 0 Å². The Morgan fingerprint density at radius 2 is 1.89 bits per heavy atom. The Labute approximate surface area is 205 Å². The molecule has 0 spiro atoms. The summed E-state index contributed by atoms with van der Waals surface area (Å²) in [6, 6.07) is 20.2. The van der Waals surface area contributed by atoms with E-state index >= 15 is 0 Å². The molecule has 0 aliphatic rings. The summed E-state index contributed by atoms with van der Waals surface area (Å²) in [5.41, 5.74) is 10.5. The molecular weight excluding hydrogens is 463 g/mol. The van der Waals surface area contributed by atoms with Gasteiger partial charge in [-0.25, -0.2) is 9.07 Å². The second-order valence-electron chi connectivity index (χ2n) is 8.84. The highest BCUT2D eigenvalue weighted by molar-refractivity contribution is 7.13. The maximum absolute atomic E-state index is 13.6. The summed E-state index contributed by atoms with van der Waals surface area (Å²) < 4.78 is 15.2. The van der Waals surface area contributed by atoms with E-state index in [-0.39, 0.29) is 11.8 Å². The number of rotatable bonds is 6. The van der Waals surface area contributed by atoms with E-state index in [4.69, 9.17) is 5.73 Å². The molecule has 0 unspecified atom stereocenters. The van der Waals surface area contributed by atoms with Gasteiger partial charge in [0.15, 0.2) is 0 Å². The van der Waals surface area contributed by atoms with Crippen molar-refractivity contribution in [2.24, 2.45) is 5.41 Å². The summed E-state index contributed by atoms with van der Waals surface area (Å²) in [6.45, 7) is 3.85. The molecule has 35 heavy (non-hydrogen) atoms. The number of fused-ring (bicyclic) bond motifs is 1. The van der Waals surface area contributed by atoms with Crippen molar-refractivity contribution in [3.05, 3.63) is 95.4 Å². The summed E-state index contributed by atoms with van der Waals surface area (Å²) in [4.78, 5) is 13.4. The number of carbonyl (C=O) groups excluding carboxylic acids is 1. The first-order chi connectivity index (χ1) is 16.8. The Balaban J connectivity index is 1.58. The summed E-state index contributed by atoms with van der Waals surface area (Å²) in [5, 5.41) is 16.5. The maximum atomic E-state index is 13.6. The van der Waals surface area contributed by atoms with Gasteiger partial charge in [0.25, 0.3) is 0 Å². The van der Waals surface area contributed by atoms with Crippen LogP contribution in [0.4, 0.5) is 15.2 Å². The van der Waals surface area contributed by atoms with Gasteiger partial charge in [-0.2, -0.15) is 5.10 Å². The van der Waals surface area contributed by atoms with E-state index in [2.05, 4.69) is 20.6 Å². The van der Waals surface area contributed by atoms with Crippen molar-refractivity contribution in [1.82, 2.24) is 20.0 Å². The van der Waals surface area contributed by atoms with Crippen molar-refractivity contribution < 1.29 is 9.18 Å². The highest BCUT2D eigenvalue weighted by Gasteiger charge is 2.39. The van der Waals surface area contributed by atoms with Gasteiger partial charge in [-0.1, -0.05) is 61.6 Å². The second-order valence-corrected chi connectivity index (χ2v) is 9.67. The molecule has 5 rings (SSSR count). The highest BCUT2D eigenvalue weighted by atomic mass is 32.1. The molecule has 1 amide bonds. The minimum absolute atomic E-state index is 0.155. The van der Waals surface area contributed by atoms with Crippen molar-refractivity contribution >= 4 is 39.0 Å². The number of hydrogen-bond acceptors (Lipinski definition) is 6. The van der Waals surface area contributed by atoms with Gasteiger partial charge in [-0.05, 0) is 41.5 Å². The van der Waals surface area contributed by atoms with Crippen molar-refractivity contribution in [2.75, 3.05) is 11.1 Å². The molecule has 9 heteroatoms. The summed E-state index contributed by atoms with van der Waals surface area (Å²) >= 11 is 1.28. The number of benzene rings is 3. The van der Waals surface area contributed by atoms with E-state index in [0.29, 0.717) is 16.5 Å². The van der Waals surface area contributed by atoms with Crippen LogP contribution in [-0.2, 0) is 4.79 Å². The molecular formula is C26H23FN6OS. The van der Waals surface area contributed by atoms with E-state index in [1.165, 1.54) is 23.5 Å². The quantitative estimate of drug-likeness (QED) is 0.313. The molecule has 3 aromatic carbocycles. The average molecular weight is 487 g/mol. The van der Waals surface area contributed by atoms with Crippen LogP contribution < -0.4 is 11.1 Å². The lowest BCUT2D eigenvalue weighted by atomic mass is 9.70. The Kier molecular flexibility index (Phi) is 5.78. The minimum Gasteiger partial charge on any atom is -0.397 e. The van der Waals surface area contributed by atoms with E-state index in [1.54, 1.807) is 22.5 Å². The fourth-order valence-corrected chi connectivity index (χ4v) is 4.87. The molecule has 176 valence electrons. The number of nitrogen functional groups attached to an aromatic ring is 1. The molecule has 0 saturated heterocycles. The standard InChI is InChI=1S/C26H23FN6OS/c1-26(2,24(34)31-25-32-29-15-35-25)23(16-6-4-3-5-7-16)17-8-10-21-18(12-17)14-30-33(21)22-11-9-19(27)13-20(22)28/h3-15,23H,28H2,1-2H3,(H,31,32,34)/t23-/m0/s1. The number of carbonyl (C=O) groups is 1. The van der Waals surface area contributed by atoms with Crippen LogP contribution in [0.15, 0.2) is 78.4 Å². The number of nitrogens with zero attached hydrogens (tertiary/aromatic N) is 4. The predicted octanol–water partition coefficient (Wildman–Crippen LogP) is 5.40. The fraction of sp³-hybridized carbons (Fsp3) is 0.154. The molecule has 0 radical (unpaired) electrons. The number of amides is 1. The van der Waals surface area contributed by atoms with Crippen LogP contribution >= 0.6 is 11.3 Å². The van der Waals surface area contributed by atoms with Crippen LogP contribution in [0, 0.1) is 11.2 Å². The lowest BCUT2D eigenvalue weighted by Crippen LogP contribution is -2.37. The van der Waals surface area contributed by atoms with Gasteiger partial charge in [0.2, 0.25) is 11.0 Å². The number of aromatic nitrogens is 4. The van der Waals surface area contributed by atoms with Crippen molar-refractivity contribution in [3.8, 4) is 5.69 Å². The number of nitrogens with one attached hydrogen (secondary N) is 1. The zero-order valence-corrected chi connectivity index (χ0v) is 20.0. The fourth-order valence-electron chi connectivity index (χ4n) is 4.43. The molecule has 7 nitrogen and oxygen atoms in total. The largest absolute Gasteiger partial charge is 0.397 e. The topological polar surface area (TPSA) is 98.7 Å². The average Bonchev–Trinajstić information content (AvgIpc) is 3.50. The van der Waals surface area contributed by atoms with Gasteiger partial charge in [-0.3, -0.25) is 4.79 Å². The van der Waals surface area contributed by atoms with Crippen LogP contribution in [0.25, 0.3) is 16.6 Å². The predicted molar refractivity (Wildman–Crippen MR) is 136 cm³/mol. The summed E-state index contributed by atoms with van der Waals surface area (Å²) in [6.07, 6.45) is 1.75. The minimum atomic E-state index is -0.821. The van der Waals surface area contributed by atoms with E-state index in [9.17, 15) is 9.18 Å². The van der Waals surface area contributed by atoms with Gasteiger partial charge in [0, 0.05) is 11.3 Å². The Hall–Kier alpha value is -4.11. The lowest BCUT2D eigenvalue weighted by molar-refractivity contribution is -0.124. The molecule has 2 aromatic heterocycles. The van der Waals surface area contributed by atoms with Gasteiger partial charge in [0.1, 0.15) is 11.3 Å². The smallest absolute Gasteiger partial charge is 0.232 e. The number of anilines is 2. The summed E-state index contributed by atoms with van der Waals surface area (Å²) in [7, 11) is 0. The molecule has 0 saturated carbocycles. The van der Waals surface area contributed by atoms with E-state index < -0.39 is 11.2 Å². The molecule has 0 aliphatic heterocycles. The van der Waals surface area contributed by atoms with Crippen molar-refractivity contribution in [1.29, 1.82) is 0 Å². The van der Waals surface area contributed by atoms with Crippen LogP contribution in [0.1, 0.15) is 30.9 Å². The van der Waals surface area contributed by atoms with Gasteiger partial charge < -0.3 is 11.1 Å². The third-order valence-electron chi connectivity index (χ3n) is 6.16. The van der Waals surface area contributed by atoms with Crippen molar-refractivity contribution in [2.45, 2.75) is 19.8 Å². The SMILES string of the molecule is CC(C)(C(=O)Nc1nncs1)[C@@H](c1ccccc1)c1ccc2c(cnn2-c2ccc(F)cc2N)c1. The maximum Gasteiger partial charge on any atom is 0.232 e. The highest BCUT2D eigenvalue weighted by Crippen LogP contribution is 2.42. The molecule has 2 heterocycles. The van der Waals surface area contributed by atoms with Gasteiger partial charge in [-0.15, -0.1) is 10.2 Å². The third-order valence-corrected chi connectivity index (χ3v) is 6.77. The van der Waals surface area contributed by atoms with E-state index in [0.717, 1.165) is 22.0 Å². The normalized spacial score (nSPS) is 12.5. The lowest BCUT2D eigenvalue weighted by Gasteiger charge is -2.33. The van der Waals surface area contributed by atoms with Crippen LogP contribution in [0.5, 0.6) is 0 Å². The van der Waals surface area contributed by atoms with Gasteiger partial charge in [0.05, 0.1) is 28.5 Å². The number of nitrogens with two attached hydrogens (primary N) is 1. The third kappa shape index (κ3) is 4.26. The van der Waals surface area contributed by atoms with E-state index in [1.807, 2.05) is 62.4 Å². The Bertz CT molecular complexity index is 1500. The first-order valence-corrected chi connectivity index (χ1v) is 11.9. The van der Waals surface area contributed by atoms with Crippen molar-refractivity contribution in [3.63, 3.8) is 0 Å².